The number of aromatic hydroxyl groups is 1. The van der Waals surface area contributed by atoms with E-state index in [9.17, 15) is 5.11 Å². The van der Waals surface area contributed by atoms with Gasteiger partial charge in [-0.1, -0.05) is 29.8 Å². The summed E-state index contributed by atoms with van der Waals surface area (Å²) in [5.74, 6) is 0.246. The summed E-state index contributed by atoms with van der Waals surface area (Å²) in [6.45, 7) is 1.84. The highest BCUT2D eigenvalue weighted by atomic mass is 35.5. The van der Waals surface area contributed by atoms with Crippen LogP contribution in [0.4, 0.5) is 0 Å². The molecule has 17 heavy (non-hydrogen) atoms. The molecule has 0 aliphatic carbocycles. The van der Waals surface area contributed by atoms with E-state index >= 15 is 0 Å². The number of hydrogen-bond acceptors (Lipinski definition) is 2. The molecule has 0 saturated heterocycles. The van der Waals surface area contributed by atoms with Crippen LogP contribution in [0.15, 0.2) is 36.4 Å². The number of nitriles is 1. The first-order chi connectivity index (χ1) is 8.11. The first kappa shape index (κ1) is 11.5. The number of phenolic OH excluding ortho intramolecular Hbond substituents is 1. The number of benzene rings is 2. The van der Waals surface area contributed by atoms with Gasteiger partial charge in [-0.3, -0.25) is 0 Å². The Balaban J connectivity index is 2.54. The van der Waals surface area contributed by atoms with E-state index in [0.29, 0.717) is 10.6 Å². The van der Waals surface area contributed by atoms with Crippen LogP contribution in [0.3, 0.4) is 0 Å². The van der Waals surface area contributed by atoms with E-state index in [0.717, 1.165) is 16.7 Å². The van der Waals surface area contributed by atoms with Crippen LogP contribution in [0, 0.1) is 18.3 Å². The summed E-state index contributed by atoms with van der Waals surface area (Å²) in [4.78, 5) is 0. The molecule has 2 aromatic carbocycles. The maximum atomic E-state index is 9.65. The fourth-order valence-corrected chi connectivity index (χ4v) is 1.74. The van der Waals surface area contributed by atoms with Crippen molar-refractivity contribution in [3.63, 3.8) is 0 Å². The topological polar surface area (TPSA) is 44.0 Å². The molecule has 0 atom stereocenters. The van der Waals surface area contributed by atoms with Gasteiger partial charge in [0.2, 0.25) is 0 Å². The lowest BCUT2D eigenvalue weighted by Crippen LogP contribution is -1.83. The van der Waals surface area contributed by atoms with Crippen molar-refractivity contribution < 1.29 is 5.11 Å². The maximum absolute atomic E-state index is 9.65. The zero-order valence-electron chi connectivity index (χ0n) is 9.24. The third-order valence-electron chi connectivity index (χ3n) is 2.63. The lowest BCUT2D eigenvalue weighted by Gasteiger charge is -2.05. The van der Waals surface area contributed by atoms with Crippen molar-refractivity contribution in [1.29, 1.82) is 5.26 Å². The summed E-state index contributed by atoms with van der Waals surface area (Å²) in [6.07, 6.45) is 0. The quantitative estimate of drug-likeness (QED) is 0.826. The fourth-order valence-electron chi connectivity index (χ4n) is 1.58. The molecule has 0 aliphatic heterocycles. The van der Waals surface area contributed by atoms with Crippen molar-refractivity contribution in [3.8, 4) is 22.9 Å². The molecule has 0 amide bonds. The van der Waals surface area contributed by atoms with E-state index in [-0.39, 0.29) is 5.75 Å². The van der Waals surface area contributed by atoms with Gasteiger partial charge >= 0.3 is 0 Å². The summed E-state index contributed by atoms with van der Waals surface area (Å²) < 4.78 is 0. The van der Waals surface area contributed by atoms with Crippen molar-refractivity contribution in [2.24, 2.45) is 0 Å². The predicted molar refractivity (Wildman–Crippen MR) is 68.0 cm³/mol. The SMILES string of the molecule is Cc1ccc(-c2ccc(Cl)c(C#N)c2)cc1O. The van der Waals surface area contributed by atoms with Crippen LogP contribution >= 0.6 is 11.6 Å². The fraction of sp³-hybridized carbons (Fsp3) is 0.0714. The van der Waals surface area contributed by atoms with Crippen molar-refractivity contribution in [1.82, 2.24) is 0 Å². The maximum Gasteiger partial charge on any atom is 0.119 e. The Bertz CT molecular complexity index is 614. The minimum atomic E-state index is 0.246. The summed E-state index contributed by atoms with van der Waals surface area (Å²) in [5, 5.41) is 19.0. The molecule has 0 heterocycles. The lowest BCUT2D eigenvalue weighted by molar-refractivity contribution is 0.471. The van der Waals surface area contributed by atoms with E-state index in [4.69, 9.17) is 16.9 Å². The van der Waals surface area contributed by atoms with E-state index in [2.05, 4.69) is 0 Å². The Morgan fingerprint density at radius 3 is 2.41 bits per heavy atom. The molecule has 0 radical (unpaired) electrons. The van der Waals surface area contributed by atoms with Crippen LogP contribution in [0.2, 0.25) is 5.02 Å². The average molecular weight is 244 g/mol. The van der Waals surface area contributed by atoms with Crippen LogP contribution in [0.25, 0.3) is 11.1 Å². The van der Waals surface area contributed by atoms with Gasteiger partial charge < -0.3 is 5.11 Å². The van der Waals surface area contributed by atoms with Crippen LogP contribution in [-0.2, 0) is 0 Å². The second kappa shape index (κ2) is 4.48. The van der Waals surface area contributed by atoms with Crippen molar-refractivity contribution in [3.05, 3.63) is 52.5 Å². The van der Waals surface area contributed by atoms with Gasteiger partial charge in [0, 0.05) is 0 Å². The van der Waals surface area contributed by atoms with Crippen molar-refractivity contribution >= 4 is 11.6 Å². The van der Waals surface area contributed by atoms with Crippen molar-refractivity contribution in [2.75, 3.05) is 0 Å². The smallest absolute Gasteiger partial charge is 0.119 e. The molecule has 2 rings (SSSR count). The van der Waals surface area contributed by atoms with Crippen molar-refractivity contribution in [2.45, 2.75) is 6.92 Å². The molecule has 0 aliphatic rings. The normalized spacial score (nSPS) is 9.94. The highest BCUT2D eigenvalue weighted by Gasteiger charge is 2.05. The molecule has 0 unspecified atom stereocenters. The Morgan fingerprint density at radius 1 is 1.12 bits per heavy atom. The van der Waals surface area contributed by atoms with Crippen LogP contribution in [0.1, 0.15) is 11.1 Å². The van der Waals surface area contributed by atoms with Gasteiger partial charge in [0.05, 0.1) is 10.6 Å². The predicted octanol–water partition coefficient (Wildman–Crippen LogP) is 3.89. The highest BCUT2D eigenvalue weighted by molar-refractivity contribution is 6.31. The van der Waals surface area contributed by atoms with Gasteiger partial charge in [-0.15, -0.1) is 0 Å². The minimum Gasteiger partial charge on any atom is -0.508 e. The number of phenols is 1. The van der Waals surface area contributed by atoms with E-state index in [1.165, 1.54) is 0 Å². The second-order valence-corrected chi connectivity index (χ2v) is 4.21. The van der Waals surface area contributed by atoms with E-state index in [1.807, 2.05) is 31.2 Å². The van der Waals surface area contributed by atoms with E-state index < -0.39 is 0 Å². The van der Waals surface area contributed by atoms with Gasteiger partial charge in [0.25, 0.3) is 0 Å². The lowest BCUT2D eigenvalue weighted by atomic mass is 10.0. The Morgan fingerprint density at radius 2 is 1.76 bits per heavy atom. The van der Waals surface area contributed by atoms with Crippen LogP contribution in [-0.4, -0.2) is 5.11 Å². The Labute approximate surface area is 105 Å². The number of rotatable bonds is 1. The largest absolute Gasteiger partial charge is 0.508 e. The molecule has 0 saturated carbocycles. The van der Waals surface area contributed by atoms with Gasteiger partial charge in [-0.25, -0.2) is 0 Å². The molecule has 0 bridgehead atoms. The van der Waals surface area contributed by atoms with Gasteiger partial charge in [0.15, 0.2) is 0 Å². The second-order valence-electron chi connectivity index (χ2n) is 3.81. The molecule has 0 spiro atoms. The Kier molecular flexibility index (Phi) is 3.03. The van der Waals surface area contributed by atoms with Gasteiger partial charge in [0.1, 0.15) is 11.8 Å². The zero-order chi connectivity index (χ0) is 12.4. The summed E-state index contributed by atoms with van der Waals surface area (Å²) >= 11 is 5.87. The molecule has 2 aromatic rings. The third kappa shape index (κ3) is 2.25. The van der Waals surface area contributed by atoms with E-state index in [1.54, 1.807) is 18.2 Å². The molecular weight excluding hydrogens is 234 g/mol. The standard InChI is InChI=1S/C14H10ClNO/c1-9-2-3-11(7-14(9)17)10-4-5-13(15)12(6-10)8-16/h2-7,17H,1H3. The molecule has 2 nitrogen and oxygen atoms in total. The minimum absolute atomic E-state index is 0.246. The first-order valence-corrected chi connectivity index (χ1v) is 5.49. The summed E-state index contributed by atoms with van der Waals surface area (Å²) in [5.41, 5.74) is 2.98. The third-order valence-corrected chi connectivity index (χ3v) is 2.96. The molecular formula is C14H10ClNO. The number of aryl methyl sites for hydroxylation is 1. The summed E-state index contributed by atoms with van der Waals surface area (Å²) in [6, 6.07) is 12.7. The van der Waals surface area contributed by atoms with Gasteiger partial charge in [-0.05, 0) is 41.8 Å². The number of halogens is 1. The molecule has 0 aromatic heterocycles. The van der Waals surface area contributed by atoms with Gasteiger partial charge in [-0.2, -0.15) is 5.26 Å². The first-order valence-electron chi connectivity index (χ1n) is 5.11. The zero-order valence-corrected chi connectivity index (χ0v) is 9.99. The average Bonchev–Trinajstić information content (AvgIpc) is 2.33. The molecule has 0 fully saturated rings. The number of hydrogen-bond donors (Lipinski definition) is 1. The van der Waals surface area contributed by atoms with Crippen LogP contribution < -0.4 is 0 Å². The molecule has 84 valence electrons. The Hall–Kier alpha value is -1.98. The molecule has 3 heteroatoms. The highest BCUT2D eigenvalue weighted by Crippen LogP contribution is 2.28. The monoisotopic (exact) mass is 243 g/mol. The van der Waals surface area contributed by atoms with Crippen LogP contribution in [0.5, 0.6) is 5.75 Å². The number of nitrogens with zero attached hydrogens (tertiary/aromatic N) is 1. The molecule has 1 N–H and O–H groups in total. The summed E-state index contributed by atoms with van der Waals surface area (Å²) in [7, 11) is 0.